The zero-order chi connectivity index (χ0) is 15.1. The smallest absolute Gasteiger partial charge is 0.387 e. The van der Waals surface area contributed by atoms with E-state index in [1.165, 1.54) is 20.3 Å². The first-order valence-electron chi connectivity index (χ1n) is 6.00. The first kappa shape index (κ1) is 17.3. The zero-order valence-electron chi connectivity index (χ0n) is 11.5. The molecule has 1 N–H and O–H groups in total. The van der Waals surface area contributed by atoms with Crippen molar-refractivity contribution >= 4 is 15.9 Å². The maximum absolute atomic E-state index is 12.3. The van der Waals surface area contributed by atoms with Crippen LogP contribution in [-0.2, 0) is 16.0 Å². The van der Waals surface area contributed by atoms with Crippen LogP contribution in [-0.4, -0.2) is 33.2 Å². The van der Waals surface area contributed by atoms with E-state index in [4.69, 9.17) is 9.47 Å². The topological polar surface area (TPSA) is 39.7 Å². The second kappa shape index (κ2) is 8.51. The molecular formula is C13H18BrF2NO3. The second-order valence-corrected chi connectivity index (χ2v) is 5.06. The predicted octanol–water partition coefficient (Wildman–Crippen LogP) is 3.15. The lowest BCUT2D eigenvalue weighted by atomic mass is 10.2. The molecule has 0 aromatic heterocycles. The molecular weight excluding hydrogens is 336 g/mol. The Hall–Kier alpha value is -0.760. The van der Waals surface area contributed by atoms with Crippen LogP contribution in [0.15, 0.2) is 22.7 Å². The largest absolute Gasteiger partial charge is 0.434 e. The van der Waals surface area contributed by atoms with Crippen molar-refractivity contribution in [3.8, 4) is 5.75 Å². The van der Waals surface area contributed by atoms with Gasteiger partial charge in [-0.2, -0.15) is 8.78 Å². The van der Waals surface area contributed by atoms with Gasteiger partial charge in [-0.25, -0.2) is 0 Å². The van der Waals surface area contributed by atoms with Crippen molar-refractivity contribution in [2.75, 3.05) is 14.2 Å². The lowest BCUT2D eigenvalue weighted by molar-refractivity contribution is -0.119. The molecule has 0 aliphatic rings. The van der Waals surface area contributed by atoms with Crippen LogP contribution < -0.4 is 10.1 Å². The number of ether oxygens (including phenoxy) is 3. The molecule has 1 unspecified atom stereocenters. The minimum absolute atomic E-state index is 0.108. The maximum Gasteiger partial charge on any atom is 0.387 e. The number of hydrogen-bond donors (Lipinski definition) is 1. The molecule has 0 fully saturated rings. The Bertz CT molecular complexity index is 417. The van der Waals surface area contributed by atoms with Gasteiger partial charge < -0.3 is 19.5 Å². The summed E-state index contributed by atoms with van der Waals surface area (Å²) in [5.74, 6) is 0.147. The number of rotatable bonds is 8. The van der Waals surface area contributed by atoms with Crippen molar-refractivity contribution < 1.29 is 23.0 Å². The lowest BCUT2D eigenvalue weighted by Gasteiger charge is -2.22. The Morgan fingerprint density at radius 3 is 2.45 bits per heavy atom. The first-order valence-corrected chi connectivity index (χ1v) is 6.79. The number of halogens is 3. The molecule has 0 heterocycles. The zero-order valence-corrected chi connectivity index (χ0v) is 13.1. The van der Waals surface area contributed by atoms with Crippen LogP contribution in [0.25, 0.3) is 0 Å². The van der Waals surface area contributed by atoms with E-state index in [-0.39, 0.29) is 11.8 Å². The van der Waals surface area contributed by atoms with Gasteiger partial charge in [0.05, 0.1) is 6.04 Å². The van der Waals surface area contributed by atoms with Crippen molar-refractivity contribution in [3.63, 3.8) is 0 Å². The summed E-state index contributed by atoms with van der Waals surface area (Å²) >= 11 is 3.31. The third-order valence-electron chi connectivity index (χ3n) is 2.73. The van der Waals surface area contributed by atoms with Gasteiger partial charge in [0.15, 0.2) is 6.29 Å². The first-order chi connectivity index (χ1) is 9.47. The molecule has 7 heteroatoms. The van der Waals surface area contributed by atoms with Gasteiger partial charge >= 0.3 is 6.61 Å². The van der Waals surface area contributed by atoms with Gasteiger partial charge in [0.25, 0.3) is 0 Å². The van der Waals surface area contributed by atoms with Gasteiger partial charge in [0.2, 0.25) is 0 Å². The molecule has 0 saturated heterocycles. The van der Waals surface area contributed by atoms with Crippen LogP contribution in [0.2, 0.25) is 0 Å². The fourth-order valence-corrected chi connectivity index (χ4v) is 2.18. The number of nitrogens with one attached hydrogen (secondary N) is 1. The summed E-state index contributed by atoms with van der Waals surface area (Å²) in [6, 6.07) is 4.77. The van der Waals surface area contributed by atoms with E-state index in [9.17, 15) is 8.78 Å². The fourth-order valence-electron chi connectivity index (χ4n) is 1.77. The van der Waals surface area contributed by atoms with Gasteiger partial charge in [-0.05, 0) is 25.1 Å². The van der Waals surface area contributed by atoms with Crippen molar-refractivity contribution in [3.05, 3.63) is 28.2 Å². The minimum atomic E-state index is -2.85. The average molecular weight is 354 g/mol. The monoisotopic (exact) mass is 353 g/mol. The van der Waals surface area contributed by atoms with Crippen LogP contribution in [0.4, 0.5) is 8.78 Å². The highest BCUT2D eigenvalue weighted by Gasteiger charge is 2.16. The van der Waals surface area contributed by atoms with Crippen molar-refractivity contribution in [2.24, 2.45) is 0 Å². The van der Waals surface area contributed by atoms with Crippen LogP contribution in [0.5, 0.6) is 5.75 Å². The summed E-state index contributed by atoms with van der Waals surface area (Å²) in [5.41, 5.74) is 0.623. The van der Waals surface area contributed by atoms with Crippen molar-refractivity contribution in [1.29, 1.82) is 0 Å². The summed E-state index contributed by atoms with van der Waals surface area (Å²) in [6.45, 7) is -0.618. The summed E-state index contributed by atoms with van der Waals surface area (Å²) in [4.78, 5) is 0. The third-order valence-corrected chi connectivity index (χ3v) is 3.22. The Morgan fingerprint density at radius 1 is 1.25 bits per heavy atom. The molecule has 1 atom stereocenters. The van der Waals surface area contributed by atoms with E-state index in [0.29, 0.717) is 12.1 Å². The Morgan fingerprint density at radius 2 is 1.90 bits per heavy atom. The van der Waals surface area contributed by atoms with Gasteiger partial charge in [0.1, 0.15) is 5.75 Å². The van der Waals surface area contributed by atoms with Gasteiger partial charge in [-0.15, -0.1) is 0 Å². The summed E-state index contributed by atoms with van der Waals surface area (Å²) in [6.07, 6.45) is -0.415. The van der Waals surface area contributed by atoms with E-state index in [2.05, 4.69) is 26.0 Å². The molecule has 114 valence electrons. The quantitative estimate of drug-likeness (QED) is 0.728. The van der Waals surface area contributed by atoms with Gasteiger partial charge in [0, 0.05) is 30.8 Å². The molecule has 0 aliphatic heterocycles. The Kier molecular flexibility index (Phi) is 7.36. The third kappa shape index (κ3) is 5.32. The number of hydrogen-bond acceptors (Lipinski definition) is 4. The van der Waals surface area contributed by atoms with Crippen LogP contribution in [0.3, 0.4) is 0 Å². The SMILES string of the molecule is COC(OC)C(C)NCc1cc(Br)ccc1OC(F)F. The molecule has 0 aliphatic carbocycles. The van der Waals surface area contributed by atoms with E-state index >= 15 is 0 Å². The summed E-state index contributed by atoms with van der Waals surface area (Å²) < 4.78 is 40.2. The van der Waals surface area contributed by atoms with E-state index in [1.54, 1.807) is 12.1 Å². The highest BCUT2D eigenvalue weighted by molar-refractivity contribution is 9.10. The highest BCUT2D eigenvalue weighted by atomic mass is 79.9. The van der Waals surface area contributed by atoms with Gasteiger partial charge in [-0.1, -0.05) is 15.9 Å². The predicted molar refractivity (Wildman–Crippen MR) is 74.9 cm³/mol. The number of methoxy groups -OCH3 is 2. The lowest BCUT2D eigenvalue weighted by Crippen LogP contribution is -2.39. The summed E-state index contributed by atoms with van der Waals surface area (Å²) in [7, 11) is 3.08. The normalized spacial score (nSPS) is 13.0. The minimum Gasteiger partial charge on any atom is -0.434 e. The van der Waals surface area contributed by atoms with Crippen LogP contribution in [0, 0.1) is 0 Å². The van der Waals surface area contributed by atoms with Crippen LogP contribution in [0.1, 0.15) is 12.5 Å². The molecule has 4 nitrogen and oxygen atoms in total. The van der Waals surface area contributed by atoms with E-state index in [0.717, 1.165) is 4.47 Å². The van der Waals surface area contributed by atoms with Crippen molar-refractivity contribution in [2.45, 2.75) is 32.4 Å². The van der Waals surface area contributed by atoms with Crippen molar-refractivity contribution in [1.82, 2.24) is 5.32 Å². The Balaban J connectivity index is 2.73. The number of benzene rings is 1. The molecule has 1 rings (SSSR count). The molecule has 0 saturated carbocycles. The van der Waals surface area contributed by atoms with E-state index in [1.807, 2.05) is 6.92 Å². The molecule has 0 radical (unpaired) electrons. The number of alkyl halides is 2. The summed E-state index contributed by atoms with van der Waals surface area (Å²) in [5, 5.41) is 3.15. The maximum atomic E-state index is 12.3. The molecule has 0 bridgehead atoms. The van der Waals surface area contributed by atoms with E-state index < -0.39 is 12.9 Å². The molecule has 0 amide bonds. The van der Waals surface area contributed by atoms with Gasteiger partial charge in [-0.3, -0.25) is 0 Å². The fraction of sp³-hybridized carbons (Fsp3) is 0.538. The second-order valence-electron chi connectivity index (χ2n) is 4.14. The average Bonchev–Trinajstić information content (AvgIpc) is 2.40. The Labute approximate surface area is 125 Å². The standard InChI is InChI=1S/C13H18BrF2NO3/c1-8(12(18-2)19-3)17-7-9-6-10(14)4-5-11(9)20-13(15)16/h4-6,8,12-13,17H,7H2,1-3H3. The molecule has 1 aromatic carbocycles. The highest BCUT2D eigenvalue weighted by Crippen LogP contribution is 2.25. The molecule has 20 heavy (non-hydrogen) atoms. The molecule has 0 spiro atoms. The van der Waals surface area contributed by atoms with Crippen LogP contribution >= 0.6 is 15.9 Å². The molecule has 1 aromatic rings.